The standard InChI is InChI=1S/C18H20BrN3O2S/c1-21(10-16-8-13(19)12-25-16)11-17(23)20-14-4-2-5-15(9-14)22-7-3-6-18(22)24/h2,4-5,8-9,12H,3,6-7,10-11H2,1H3,(H,20,23). The van der Waals surface area contributed by atoms with Crippen molar-refractivity contribution in [2.45, 2.75) is 19.4 Å². The average Bonchev–Trinajstić information content (AvgIpc) is 3.15. The van der Waals surface area contributed by atoms with Crippen molar-refractivity contribution >= 4 is 50.5 Å². The number of thiophene rings is 1. The highest BCUT2D eigenvalue weighted by molar-refractivity contribution is 9.10. The zero-order valence-corrected chi connectivity index (χ0v) is 16.4. The van der Waals surface area contributed by atoms with Crippen molar-refractivity contribution in [1.29, 1.82) is 0 Å². The Morgan fingerprint density at radius 3 is 2.92 bits per heavy atom. The molecule has 1 aliphatic rings. The van der Waals surface area contributed by atoms with Gasteiger partial charge in [-0.25, -0.2) is 0 Å². The lowest BCUT2D eigenvalue weighted by Gasteiger charge is -2.18. The van der Waals surface area contributed by atoms with Crippen LogP contribution in [0.3, 0.4) is 0 Å². The molecule has 0 radical (unpaired) electrons. The Kier molecular flexibility index (Phi) is 5.88. The molecule has 3 rings (SSSR count). The van der Waals surface area contributed by atoms with Crippen LogP contribution >= 0.6 is 27.3 Å². The van der Waals surface area contributed by atoms with E-state index < -0.39 is 0 Å². The molecule has 5 nitrogen and oxygen atoms in total. The number of benzene rings is 1. The summed E-state index contributed by atoms with van der Waals surface area (Å²) in [6, 6.07) is 9.54. The molecular weight excluding hydrogens is 402 g/mol. The molecular formula is C18H20BrN3O2S. The summed E-state index contributed by atoms with van der Waals surface area (Å²) in [5.41, 5.74) is 1.56. The molecule has 0 spiro atoms. The van der Waals surface area contributed by atoms with Gasteiger partial charge >= 0.3 is 0 Å². The lowest BCUT2D eigenvalue weighted by molar-refractivity contribution is -0.117. The second-order valence-electron chi connectivity index (χ2n) is 6.15. The number of halogens is 1. The van der Waals surface area contributed by atoms with E-state index in [2.05, 4.69) is 27.3 Å². The molecule has 0 bridgehead atoms. The minimum absolute atomic E-state index is 0.0666. The number of amides is 2. The first-order valence-electron chi connectivity index (χ1n) is 8.13. The van der Waals surface area contributed by atoms with Gasteiger partial charge in [0, 0.05) is 45.6 Å². The molecule has 0 aliphatic carbocycles. The van der Waals surface area contributed by atoms with E-state index >= 15 is 0 Å². The highest BCUT2D eigenvalue weighted by Crippen LogP contribution is 2.24. The van der Waals surface area contributed by atoms with E-state index in [1.54, 1.807) is 16.2 Å². The Hall–Kier alpha value is -1.70. The van der Waals surface area contributed by atoms with Gasteiger partial charge in [0.25, 0.3) is 0 Å². The number of rotatable bonds is 6. The number of carbonyl (C=O) groups is 2. The molecule has 132 valence electrons. The Morgan fingerprint density at radius 2 is 2.24 bits per heavy atom. The van der Waals surface area contributed by atoms with Gasteiger partial charge in [0.2, 0.25) is 11.8 Å². The van der Waals surface area contributed by atoms with E-state index in [0.29, 0.717) is 13.0 Å². The van der Waals surface area contributed by atoms with Gasteiger partial charge in [0.15, 0.2) is 0 Å². The Bertz CT molecular complexity index is 777. The smallest absolute Gasteiger partial charge is 0.238 e. The summed E-state index contributed by atoms with van der Waals surface area (Å²) < 4.78 is 1.07. The van der Waals surface area contributed by atoms with Crippen LogP contribution in [-0.2, 0) is 16.1 Å². The van der Waals surface area contributed by atoms with Gasteiger partial charge in [0.1, 0.15) is 0 Å². The monoisotopic (exact) mass is 421 g/mol. The highest BCUT2D eigenvalue weighted by Gasteiger charge is 2.21. The van der Waals surface area contributed by atoms with Crippen molar-refractivity contribution < 1.29 is 9.59 Å². The molecule has 1 fully saturated rings. The Morgan fingerprint density at radius 1 is 1.40 bits per heavy atom. The van der Waals surface area contributed by atoms with Crippen LogP contribution in [0.1, 0.15) is 17.7 Å². The summed E-state index contributed by atoms with van der Waals surface area (Å²) in [4.78, 5) is 29.1. The fraction of sp³-hybridized carbons (Fsp3) is 0.333. The first-order valence-corrected chi connectivity index (χ1v) is 9.80. The predicted octanol–water partition coefficient (Wildman–Crippen LogP) is 3.71. The zero-order valence-electron chi connectivity index (χ0n) is 14.0. The van der Waals surface area contributed by atoms with E-state index in [0.717, 1.165) is 35.4 Å². The van der Waals surface area contributed by atoms with Crippen molar-refractivity contribution in [2.75, 3.05) is 30.4 Å². The topological polar surface area (TPSA) is 52.7 Å². The van der Waals surface area contributed by atoms with Crippen molar-refractivity contribution in [3.05, 3.63) is 45.1 Å². The maximum absolute atomic E-state index is 12.3. The molecule has 25 heavy (non-hydrogen) atoms. The second kappa shape index (κ2) is 8.12. The molecule has 0 atom stereocenters. The van der Waals surface area contributed by atoms with Crippen molar-refractivity contribution in [3.63, 3.8) is 0 Å². The number of carbonyl (C=O) groups excluding carboxylic acids is 2. The maximum Gasteiger partial charge on any atom is 0.238 e. The van der Waals surface area contributed by atoms with Crippen molar-refractivity contribution in [2.24, 2.45) is 0 Å². The molecule has 2 amide bonds. The SMILES string of the molecule is CN(CC(=O)Nc1cccc(N2CCCC2=O)c1)Cc1cc(Br)cs1. The summed E-state index contributed by atoms with van der Waals surface area (Å²) in [7, 11) is 1.92. The number of anilines is 2. The molecule has 1 saturated heterocycles. The number of nitrogens with zero attached hydrogens (tertiary/aromatic N) is 2. The quantitative estimate of drug-likeness (QED) is 0.773. The summed E-state index contributed by atoms with van der Waals surface area (Å²) in [6.07, 6.45) is 1.49. The van der Waals surface area contributed by atoms with Crippen molar-refractivity contribution in [1.82, 2.24) is 4.90 Å². The molecule has 0 saturated carbocycles. The summed E-state index contributed by atoms with van der Waals surface area (Å²) >= 11 is 5.11. The number of likely N-dealkylation sites (N-methyl/N-ethyl adjacent to an activating group) is 1. The van der Waals surface area contributed by atoms with Gasteiger partial charge in [-0.3, -0.25) is 14.5 Å². The Balaban J connectivity index is 1.56. The van der Waals surface area contributed by atoms with E-state index in [-0.39, 0.29) is 11.8 Å². The van der Waals surface area contributed by atoms with Crippen LogP contribution in [-0.4, -0.2) is 36.9 Å². The maximum atomic E-state index is 12.3. The fourth-order valence-corrected chi connectivity index (χ4v) is 4.41. The minimum Gasteiger partial charge on any atom is -0.325 e. The number of nitrogens with one attached hydrogen (secondary N) is 1. The van der Waals surface area contributed by atoms with Gasteiger partial charge in [-0.15, -0.1) is 11.3 Å². The average molecular weight is 422 g/mol. The molecule has 2 heterocycles. The zero-order chi connectivity index (χ0) is 17.8. The molecule has 2 aromatic rings. The Labute approximate surface area is 159 Å². The third kappa shape index (κ3) is 4.90. The second-order valence-corrected chi connectivity index (χ2v) is 8.06. The largest absolute Gasteiger partial charge is 0.325 e. The van der Waals surface area contributed by atoms with Crippen LogP contribution in [0.5, 0.6) is 0 Å². The lowest BCUT2D eigenvalue weighted by Crippen LogP contribution is -2.29. The van der Waals surface area contributed by atoms with Gasteiger partial charge in [-0.2, -0.15) is 0 Å². The van der Waals surface area contributed by atoms with Gasteiger partial charge in [-0.1, -0.05) is 6.07 Å². The van der Waals surface area contributed by atoms with Gasteiger partial charge in [-0.05, 0) is 53.7 Å². The van der Waals surface area contributed by atoms with E-state index in [1.165, 1.54) is 4.88 Å². The molecule has 1 aromatic carbocycles. The lowest BCUT2D eigenvalue weighted by atomic mass is 10.2. The van der Waals surface area contributed by atoms with Crippen LogP contribution in [0.4, 0.5) is 11.4 Å². The third-order valence-corrected chi connectivity index (χ3v) is 5.66. The number of hydrogen-bond donors (Lipinski definition) is 1. The summed E-state index contributed by atoms with van der Waals surface area (Å²) in [5, 5.41) is 4.95. The number of hydrogen-bond acceptors (Lipinski definition) is 4. The molecule has 1 aromatic heterocycles. The molecule has 0 unspecified atom stereocenters. The van der Waals surface area contributed by atoms with E-state index in [1.807, 2.05) is 41.6 Å². The van der Waals surface area contributed by atoms with Crippen LogP contribution in [0, 0.1) is 0 Å². The fourth-order valence-electron chi connectivity index (χ4n) is 2.88. The summed E-state index contributed by atoms with van der Waals surface area (Å²) in [6.45, 7) is 1.78. The van der Waals surface area contributed by atoms with Crippen LogP contribution in [0.25, 0.3) is 0 Å². The van der Waals surface area contributed by atoms with E-state index in [9.17, 15) is 9.59 Å². The minimum atomic E-state index is -0.0666. The van der Waals surface area contributed by atoms with Gasteiger partial charge < -0.3 is 10.2 Å². The predicted molar refractivity (Wildman–Crippen MR) is 105 cm³/mol. The first-order chi connectivity index (χ1) is 12.0. The van der Waals surface area contributed by atoms with Crippen LogP contribution in [0.15, 0.2) is 40.2 Å². The molecule has 7 heteroatoms. The van der Waals surface area contributed by atoms with Crippen LogP contribution < -0.4 is 10.2 Å². The highest BCUT2D eigenvalue weighted by atomic mass is 79.9. The molecule has 1 aliphatic heterocycles. The third-order valence-electron chi connectivity index (χ3n) is 3.98. The normalized spacial score (nSPS) is 14.4. The van der Waals surface area contributed by atoms with Crippen LogP contribution in [0.2, 0.25) is 0 Å². The summed E-state index contributed by atoms with van der Waals surface area (Å²) in [5.74, 6) is 0.0772. The molecule has 1 N–H and O–H groups in total. The van der Waals surface area contributed by atoms with Gasteiger partial charge in [0.05, 0.1) is 6.54 Å². The van der Waals surface area contributed by atoms with E-state index in [4.69, 9.17) is 0 Å². The first kappa shape index (κ1) is 18.1. The van der Waals surface area contributed by atoms with Crippen molar-refractivity contribution in [3.8, 4) is 0 Å².